The average molecular weight is 518 g/mol. The van der Waals surface area contributed by atoms with Crippen LogP contribution in [-0.2, 0) is 19.9 Å². The number of benzene rings is 1. The van der Waals surface area contributed by atoms with E-state index in [2.05, 4.69) is 17.2 Å². The molecule has 3 rings (SSSR count). The lowest BCUT2D eigenvalue weighted by Gasteiger charge is -2.36. The molecule has 204 valence electrons. The molecule has 3 N–H and O–H groups in total. The largest absolute Gasteiger partial charge is 0.444 e. The third-order valence-corrected chi connectivity index (χ3v) is 6.88. The van der Waals surface area contributed by atoms with Crippen molar-refractivity contribution in [3.8, 4) is 0 Å². The number of nitrogens with zero attached hydrogens (tertiary/aromatic N) is 1. The molecule has 9 heteroatoms. The second kappa shape index (κ2) is 10.4. The minimum atomic E-state index is -1.64. The molecule has 2 fully saturated rings. The van der Waals surface area contributed by atoms with Gasteiger partial charge in [0.2, 0.25) is 11.8 Å². The maximum atomic E-state index is 14.0. The molecule has 1 heterocycles. The lowest BCUT2D eigenvalue weighted by Crippen LogP contribution is -2.58. The van der Waals surface area contributed by atoms with E-state index in [1.54, 1.807) is 47.6 Å². The van der Waals surface area contributed by atoms with Crippen LogP contribution in [0.2, 0.25) is 0 Å². The number of aliphatic hydroxyl groups is 1. The number of halogens is 1. The Kier molecular flexibility index (Phi) is 8.08. The molecule has 0 spiro atoms. The Morgan fingerprint density at radius 3 is 2.49 bits per heavy atom. The smallest absolute Gasteiger partial charge is 0.408 e. The standard InChI is InChI=1S/C28H40FN3O5/c1-8-17-12-18(17)15-30-23(33)21-14-28(36,19-10-9-11-20(29)13-19)16-32(21)24(34)22(26(2,3)4)31-25(35)37-27(5,6)7/h8-11,13,17-18,21-22,36H,1,12,14-16H2,2-7H3,(H,30,33)(H,31,35)/t17-,18+,21+,22-,28+/m1/s1. The Morgan fingerprint density at radius 1 is 1.27 bits per heavy atom. The van der Waals surface area contributed by atoms with E-state index in [1.165, 1.54) is 23.1 Å². The molecule has 1 aliphatic carbocycles. The Balaban J connectivity index is 1.89. The van der Waals surface area contributed by atoms with Crippen LogP contribution in [0.25, 0.3) is 0 Å². The van der Waals surface area contributed by atoms with Gasteiger partial charge in [0.1, 0.15) is 29.1 Å². The summed E-state index contributed by atoms with van der Waals surface area (Å²) < 4.78 is 19.4. The summed E-state index contributed by atoms with van der Waals surface area (Å²) in [4.78, 5) is 41.1. The van der Waals surface area contributed by atoms with Crippen LogP contribution in [0.15, 0.2) is 36.9 Å². The molecule has 37 heavy (non-hydrogen) atoms. The summed E-state index contributed by atoms with van der Waals surface area (Å²) in [5, 5.41) is 17.1. The zero-order chi connectivity index (χ0) is 27.8. The number of nitrogens with one attached hydrogen (secondary N) is 2. The highest BCUT2D eigenvalue weighted by molar-refractivity contribution is 5.92. The van der Waals surface area contributed by atoms with E-state index in [9.17, 15) is 23.9 Å². The van der Waals surface area contributed by atoms with Crippen LogP contribution in [0.5, 0.6) is 0 Å². The first-order valence-electron chi connectivity index (χ1n) is 12.7. The van der Waals surface area contributed by atoms with Crippen LogP contribution in [0, 0.1) is 23.1 Å². The zero-order valence-corrected chi connectivity index (χ0v) is 22.6. The number of amides is 3. The molecular weight excluding hydrogens is 477 g/mol. The fourth-order valence-electron chi connectivity index (χ4n) is 4.72. The Bertz CT molecular complexity index is 1050. The van der Waals surface area contributed by atoms with Crippen molar-refractivity contribution in [2.24, 2.45) is 17.3 Å². The van der Waals surface area contributed by atoms with Crippen molar-refractivity contribution in [1.82, 2.24) is 15.5 Å². The monoisotopic (exact) mass is 517 g/mol. The van der Waals surface area contributed by atoms with Crippen molar-refractivity contribution in [2.45, 2.75) is 77.7 Å². The van der Waals surface area contributed by atoms with Crippen molar-refractivity contribution in [2.75, 3.05) is 13.1 Å². The van der Waals surface area contributed by atoms with Gasteiger partial charge in [0.25, 0.3) is 0 Å². The molecule has 0 aromatic heterocycles. The predicted octanol–water partition coefficient (Wildman–Crippen LogP) is 3.49. The van der Waals surface area contributed by atoms with Gasteiger partial charge in [-0.15, -0.1) is 6.58 Å². The summed E-state index contributed by atoms with van der Waals surface area (Å²) in [5.41, 5.74) is -2.87. The van der Waals surface area contributed by atoms with E-state index >= 15 is 0 Å². The molecular formula is C28H40FN3O5. The van der Waals surface area contributed by atoms with Crippen molar-refractivity contribution in [3.63, 3.8) is 0 Å². The van der Waals surface area contributed by atoms with Crippen molar-refractivity contribution < 1.29 is 28.6 Å². The fraction of sp³-hybridized carbons (Fsp3) is 0.607. The van der Waals surface area contributed by atoms with Crippen LogP contribution in [0.4, 0.5) is 9.18 Å². The third kappa shape index (κ3) is 7.09. The maximum Gasteiger partial charge on any atom is 0.408 e. The van der Waals surface area contributed by atoms with Gasteiger partial charge in [0.15, 0.2) is 0 Å². The second-order valence-electron chi connectivity index (χ2n) is 12.3. The lowest BCUT2D eigenvalue weighted by molar-refractivity contribution is -0.142. The maximum absolute atomic E-state index is 14.0. The average Bonchev–Trinajstić information content (AvgIpc) is 3.45. The number of carbonyl (C=O) groups excluding carboxylic acids is 3. The number of rotatable bonds is 7. The molecule has 1 aromatic carbocycles. The van der Waals surface area contributed by atoms with Crippen molar-refractivity contribution in [1.29, 1.82) is 0 Å². The summed E-state index contributed by atoms with van der Waals surface area (Å²) in [6.45, 7) is 14.5. The summed E-state index contributed by atoms with van der Waals surface area (Å²) in [6.07, 6.45) is 1.94. The SMILES string of the molecule is C=C[C@@H]1C[C@H]1CNC(=O)[C@@H]1C[C@@](O)(c2cccc(F)c2)CN1C(=O)[C@@H](NC(=O)OC(C)(C)C)C(C)(C)C. The molecule has 1 saturated carbocycles. The summed E-state index contributed by atoms with van der Waals surface area (Å²) in [7, 11) is 0. The summed E-state index contributed by atoms with van der Waals surface area (Å²) >= 11 is 0. The van der Waals surface area contributed by atoms with Gasteiger partial charge in [-0.3, -0.25) is 9.59 Å². The van der Waals surface area contributed by atoms with Gasteiger partial charge in [0.05, 0.1) is 6.54 Å². The van der Waals surface area contributed by atoms with Gasteiger partial charge in [-0.1, -0.05) is 39.0 Å². The molecule has 8 nitrogen and oxygen atoms in total. The van der Waals surface area contributed by atoms with Crippen molar-refractivity contribution >= 4 is 17.9 Å². The third-order valence-electron chi connectivity index (χ3n) is 6.88. The van der Waals surface area contributed by atoms with Crippen LogP contribution in [0.3, 0.4) is 0 Å². The minimum absolute atomic E-state index is 0.104. The highest BCUT2D eigenvalue weighted by atomic mass is 19.1. The Labute approximate surface area is 218 Å². The molecule has 1 aromatic rings. The van der Waals surface area contributed by atoms with Gasteiger partial charge in [-0.05, 0) is 62.1 Å². The molecule has 1 saturated heterocycles. The first-order valence-corrected chi connectivity index (χ1v) is 12.7. The van der Waals surface area contributed by atoms with E-state index in [1.807, 2.05) is 6.08 Å². The van der Waals surface area contributed by atoms with Crippen LogP contribution >= 0.6 is 0 Å². The van der Waals surface area contributed by atoms with Gasteiger partial charge < -0.3 is 25.4 Å². The highest BCUT2D eigenvalue weighted by Crippen LogP contribution is 2.40. The number of likely N-dealkylation sites (tertiary alicyclic amines) is 1. The molecule has 5 atom stereocenters. The predicted molar refractivity (Wildman–Crippen MR) is 138 cm³/mol. The highest BCUT2D eigenvalue weighted by Gasteiger charge is 2.51. The molecule has 0 unspecified atom stereocenters. The Morgan fingerprint density at radius 2 is 1.95 bits per heavy atom. The van der Waals surface area contributed by atoms with Crippen LogP contribution in [0.1, 0.15) is 59.9 Å². The number of β-amino-alcohol motifs (C(OH)–C–C–N with tert-alkyl or cyclic N) is 1. The number of allylic oxidation sites excluding steroid dienone is 1. The first-order chi connectivity index (χ1) is 17.0. The topological polar surface area (TPSA) is 108 Å². The normalized spacial score (nSPS) is 26.3. The number of ether oxygens (including phenoxy) is 1. The van der Waals surface area contributed by atoms with Gasteiger partial charge >= 0.3 is 6.09 Å². The van der Waals surface area contributed by atoms with E-state index in [0.29, 0.717) is 18.4 Å². The first kappa shape index (κ1) is 28.6. The molecule has 3 amide bonds. The van der Waals surface area contributed by atoms with Crippen LogP contribution in [-0.4, -0.2) is 58.7 Å². The van der Waals surface area contributed by atoms with E-state index < -0.39 is 52.4 Å². The number of carbonyl (C=O) groups is 3. The fourth-order valence-corrected chi connectivity index (χ4v) is 4.72. The zero-order valence-electron chi connectivity index (χ0n) is 22.6. The van der Waals surface area contributed by atoms with Gasteiger partial charge in [-0.25, -0.2) is 9.18 Å². The number of alkyl carbamates (subject to hydrolysis) is 1. The van der Waals surface area contributed by atoms with E-state index in [4.69, 9.17) is 4.74 Å². The van der Waals surface area contributed by atoms with Crippen LogP contribution < -0.4 is 10.6 Å². The lowest BCUT2D eigenvalue weighted by atomic mass is 9.85. The van der Waals surface area contributed by atoms with Gasteiger partial charge in [-0.2, -0.15) is 0 Å². The molecule has 0 bridgehead atoms. The minimum Gasteiger partial charge on any atom is -0.444 e. The molecule has 1 aliphatic heterocycles. The number of hydrogen-bond donors (Lipinski definition) is 3. The Hall–Kier alpha value is -2.94. The molecule has 0 radical (unpaired) electrons. The molecule has 2 aliphatic rings. The summed E-state index contributed by atoms with van der Waals surface area (Å²) in [6, 6.07) is 3.48. The van der Waals surface area contributed by atoms with E-state index in [0.717, 1.165) is 6.42 Å². The van der Waals surface area contributed by atoms with Gasteiger partial charge in [0, 0.05) is 13.0 Å². The summed E-state index contributed by atoms with van der Waals surface area (Å²) in [5.74, 6) is -0.805. The quantitative estimate of drug-likeness (QED) is 0.480. The number of hydrogen-bond acceptors (Lipinski definition) is 5. The second-order valence-corrected chi connectivity index (χ2v) is 12.3. The van der Waals surface area contributed by atoms with E-state index in [-0.39, 0.29) is 18.5 Å². The van der Waals surface area contributed by atoms with Crippen molar-refractivity contribution in [3.05, 3.63) is 48.3 Å².